The van der Waals surface area contributed by atoms with E-state index < -0.39 is 0 Å². The molecule has 1 aliphatic heterocycles. The monoisotopic (exact) mass is 251 g/mol. The first kappa shape index (κ1) is 13.6. The van der Waals surface area contributed by atoms with Crippen LogP contribution in [0.2, 0.25) is 0 Å². The summed E-state index contributed by atoms with van der Waals surface area (Å²) in [6.07, 6.45) is 7.45. The van der Waals surface area contributed by atoms with Crippen molar-refractivity contribution >= 4 is 0 Å². The molecule has 0 spiro atoms. The fourth-order valence-corrected chi connectivity index (χ4v) is 2.66. The first-order valence-corrected chi connectivity index (χ1v) is 7.19. The lowest BCUT2D eigenvalue weighted by molar-refractivity contribution is 0.000835. The molecule has 18 heavy (non-hydrogen) atoms. The number of piperidine rings is 1. The Morgan fingerprint density at radius 1 is 1.44 bits per heavy atom. The van der Waals surface area contributed by atoms with E-state index in [1.54, 1.807) is 6.26 Å². The molecule has 1 aromatic rings. The maximum Gasteiger partial charge on any atom is 0.0938 e. The van der Waals surface area contributed by atoms with E-state index in [4.69, 9.17) is 9.15 Å². The lowest BCUT2D eigenvalue weighted by atomic mass is 9.89. The molecule has 1 aliphatic rings. The van der Waals surface area contributed by atoms with Crippen molar-refractivity contribution in [1.29, 1.82) is 0 Å². The van der Waals surface area contributed by atoms with E-state index in [0.717, 1.165) is 26.1 Å². The molecule has 0 radical (unpaired) electrons. The zero-order valence-electron chi connectivity index (χ0n) is 11.5. The molecule has 2 rings (SSSR count). The van der Waals surface area contributed by atoms with E-state index in [1.807, 2.05) is 6.26 Å². The van der Waals surface area contributed by atoms with E-state index in [9.17, 15) is 0 Å². The lowest BCUT2D eigenvalue weighted by Crippen LogP contribution is -2.41. The van der Waals surface area contributed by atoms with Crippen LogP contribution in [0.4, 0.5) is 0 Å². The number of rotatable bonds is 6. The zero-order chi connectivity index (χ0) is 12.8. The normalized spacial score (nSPS) is 24.6. The standard InChI is InChI=1S/C15H25NO2/c1-3-12(4-2)10-18-15-9-16-7-5-14(15)13-6-8-17-11-13/h6,8,11-12,14-16H,3-5,7,9-10H2,1-2H3/t14-,15+/m1/s1. The molecule has 0 aliphatic carbocycles. The fourth-order valence-electron chi connectivity index (χ4n) is 2.66. The van der Waals surface area contributed by atoms with Gasteiger partial charge in [0, 0.05) is 19.1 Å². The Bertz CT molecular complexity index is 319. The summed E-state index contributed by atoms with van der Waals surface area (Å²) in [4.78, 5) is 0. The molecule has 1 aromatic heterocycles. The smallest absolute Gasteiger partial charge is 0.0938 e. The van der Waals surface area contributed by atoms with Gasteiger partial charge in [0.05, 0.1) is 18.6 Å². The average Bonchev–Trinajstić information content (AvgIpc) is 2.94. The molecule has 2 atom stereocenters. The van der Waals surface area contributed by atoms with Crippen molar-refractivity contribution in [3.8, 4) is 0 Å². The predicted octanol–water partition coefficient (Wildman–Crippen LogP) is 3.18. The molecule has 1 saturated heterocycles. The molecular formula is C15H25NO2. The number of ether oxygens (including phenoxy) is 1. The summed E-state index contributed by atoms with van der Waals surface area (Å²) in [6.45, 7) is 7.39. The third-order valence-electron chi connectivity index (χ3n) is 4.10. The second-order valence-electron chi connectivity index (χ2n) is 5.21. The molecule has 1 fully saturated rings. The van der Waals surface area contributed by atoms with Gasteiger partial charge in [-0.25, -0.2) is 0 Å². The molecule has 3 nitrogen and oxygen atoms in total. The second kappa shape index (κ2) is 6.95. The minimum absolute atomic E-state index is 0.289. The Morgan fingerprint density at radius 3 is 2.94 bits per heavy atom. The molecular weight excluding hydrogens is 226 g/mol. The van der Waals surface area contributed by atoms with Crippen LogP contribution in [0, 0.1) is 5.92 Å². The van der Waals surface area contributed by atoms with Crippen molar-refractivity contribution in [3.05, 3.63) is 24.2 Å². The number of furan rings is 1. The fraction of sp³-hybridized carbons (Fsp3) is 0.733. The van der Waals surface area contributed by atoms with Gasteiger partial charge >= 0.3 is 0 Å². The highest BCUT2D eigenvalue weighted by Crippen LogP contribution is 2.28. The van der Waals surface area contributed by atoms with Crippen molar-refractivity contribution in [1.82, 2.24) is 5.32 Å². The first-order valence-electron chi connectivity index (χ1n) is 7.19. The SMILES string of the molecule is CCC(CC)CO[C@H]1CNCC[C@@H]1c1ccoc1. The Labute approximate surface area is 110 Å². The molecule has 0 saturated carbocycles. The molecule has 1 N–H and O–H groups in total. The number of nitrogens with one attached hydrogen (secondary N) is 1. The lowest BCUT2D eigenvalue weighted by Gasteiger charge is -2.32. The van der Waals surface area contributed by atoms with Crippen LogP contribution in [0.25, 0.3) is 0 Å². The van der Waals surface area contributed by atoms with Gasteiger partial charge in [-0.15, -0.1) is 0 Å². The summed E-state index contributed by atoms with van der Waals surface area (Å²) in [5.41, 5.74) is 1.28. The first-order chi connectivity index (χ1) is 8.85. The van der Waals surface area contributed by atoms with Crippen LogP contribution >= 0.6 is 0 Å². The highest BCUT2D eigenvalue weighted by molar-refractivity contribution is 5.15. The third-order valence-corrected chi connectivity index (χ3v) is 4.10. The maximum absolute atomic E-state index is 6.16. The van der Waals surface area contributed by atoms with Crippen LogP contribution < -0.4 is 5.32 Å². The predicted molar refractivity (Wildman–Crippen MR) is 72.7 cm³/mol. The average molecular weight is 251 g/mol. The summed E-state index contributed by atoms with van der Waals surface area (Å²) in [5.74, 6) is 1.18. The summed E-state index contributed by atoms with van der Waals surface area (Å²) >= 11 is 0. The number of hydrogen-bond acceptors (Lipinski definition) is 3. The van der Waals surface area contributed by atoms with Crippen molar-refractivity contribution in [2.75, 3.05) is 19.7 Å². The van der Waals surface area contributed by atoms with Crippen LogP contribution in [0.15, 0.2) is 23.0 Å². The van der Waals surface area contributed by atoms with E-state index in [1.165, 1.54) is 18.4 Å². The van der Waals surface area contributed by atoms with Crippen molar-refractivity contribution < 1.29 is 9.15 Å². The summed E-state index contributed by atoms with van der Waals surface area (Å²) in [7, 11) is 0. The van der Waals surface area contributed by atoms with Crippen LogP contribution in [0.3, 0.4) is 0 Å². The van der Waals surface area contributed by atoms with E-state index >= 15 is 0 Å². The van der Waals surface area contributed by atoms with Gasteiger partial charge in [0.2, 0.25) is 0 Å². The van der Waals surface area contributed by atoms with Gasteiger partial charge in [-0.1, -0.05) is 26.7 Å². The molecule has 0 amide bonds. The Morgan fingerprint density at radius 2 is 2.28 bits per heavy atom. The largest absolute Gasteiger partial charge is 0.472 e. The highest BCUT2D eigenvalue weighted by atomic mass is 16.5. The Kier molecular flexibility index (Phi) is 5.26. The minimum atomic E-state index is 0.289. The van der Waals surface area contributed by atoms with Gasteiger partial charge in [-0.3, -0.25) is 0 Å². The Hall–Kier alpha value is -0.800. The van der Waals surface area contributed by atoms with Crippen molar-refractivity contribution in [2.45, 2.75) is 45.1 Å². The van der Waals surface area contributed by atoms with Gasteiger partial charge in [0.25, 0.3) is 0 Å². The summed E-state index contributed by atoms with van der Waals surface area (Å²) < 4.78 is 11.4. The van der Waals surface area contributed by atoms with Crippen LogP contribution in [0.5, 0.6) is 0 Å². The molecule has 2 heterocycles. The molecule has 0 aromatic carbocycles. The van der Waals surface area contributed by atoms with E-state index in [0.29, 0.717) is 11.8 Å². The van der Waals surface area contributed by atoms with Gasteiger partial charge in [0.15, 0.2) is 0 Å². The van der Waals surface area contributed by atoms with Crippen LogP contribution in [-0.4, -0.2) is 25.8 Å². The second-order valence-corrected chi connectivity index (χ2v) is 5.21. The Balaban J connectivity index is 1.92. The van der Waals surface area contributed by atoms with Gasteiger partial charge in [-0.2, -0.15) is 0 Å². The van der Waals surface area contributed by atoms with E-state index in [-0.39, 0.29) is 6.10 Å². The quantitative estimate of drug-likeness (QED) is 0.843. The third kappa shape index (κ3) is 3.36. The van der Waals surface area contributed by atoms with Crippen LogP contribution in [-0.2, 0) is 4.74 Å². The summed E-state index contributed by atoms with van der Waals surface area (Å²) in [6, 6.07) is 2.07. The van der Waals surface area contributed by atoms with Gasteiger partial charge < -0.3 is 14.5 Å². The number of hydrogen-bond donors (Lipinski definition) is 1. The summed E-state index contributed by atoms with van der Waals surface area (Å²) in [5, 5.41) is 3.43. The topological polar surface area (TPSA) is 34.4 Å². The minimum Gasteiger partial charge on any atom is -0.472 e. The molecule has 0 unspecified atom stereocenters. The van der Waals surface area contributed by atoms with E-state index in [2.05, 4.69) is 25.2 Å². The molecule has 3 heteroatoms. The maximum atomic E-state index is 6.16. The van der Waals surface area contributed by atoms with Gasteiger partial charge in [0.1, 0.15) is 0 Å². The zero-order valence-corrected chi connectivity index (χ0v) is 11.5. The molecule has 102 valence electrons. The van der Waals surface area contributed by atoms with Crippen LogP contribution in [0.1, 0.15) is 44.6 Å². The van der Waals surface area contributed by atoms with Gasteiger partial charge in [-0.05, 0) is 30.5 Å². The van der Waals surface area contributed by atoms with Crippen molar-refractivity contribution in [3.63, 3.8) is 0 Å². The van der Waals surface area contributed by atoms with Crippen molar-refractivity contribution in [2.24, 2.45) is 5.92 Å². The molecule has 0 bridgehead atoms. The highest BCUT2D eigenvalue weighted by Gasteiger charge is 2.28.